The zero-order chi connectivity index (χ0) is 10.3. The second-order valence-corrected chi connectivity index (χ2v) is 3.36. The van der Waals surface area contributed by atoms with E-state index in [1.807, 2.05) is 0 Å². The molecule has 0 aliphatic heterocycles. The third-order valence-electron chi connectivity index (χ3n) is 1.34. The van der Waals surface area contributed by atoms with Crippen molar-refractivity contribution in [3.63, 3.8) is 0 Å². The van der Waals surface area contributed by atoms with Crippen LogP contribution in [0.25, 0.3) is 0 Å². The molecule has 0 aromatic heterocycles. The van der Waals surface area contributed by atoms with Gasteiger partial charge in [-0.2, -0.15) is 11.8 Å². The van der Waals surface area contributed by atoms with Gasteiger partial charge in [0.15, 0.2) is 0 Å². The molecule has 14 heavy (non-hydrogen) atoms. The summed E-state index contributed by atoms with van der Waals surface area (Å²) in [7, 11) is 0. The highest BCUT2D eigenvalue weighted by molar-refractivity contribution is 7.98. The fraction of sp³-hybridized carbons (Fsp3) is 0.714. The van der Waals surface area contributed by atoms with E-state index < -0.39 is 12.0 Å². The van der Waals surface area contributed by atoms with Crippen molar-refractivity contribution in [3.05, 3.63) is 0 Å². The average Bonchev–Trinajstić information content (AvgIpc) is 2.04. The minimum atomic E-state index is -1.01. The first-order valence-corrected chi connectivity index (χ1v) is 5.22. The fourth-order valence-electron chi connectivity index (χ4n) is 0.739. The Morgan fingerprint density at radius 2 is 2.14 bits per heavy atom. The number of carbonyl (C=O) groups is 2. The van der Waals surface area contributed by atoms with Crippen LogP contribution in [0.1, 0.15) is 6.42 Å². The maximum Gasteiger partial charge on any atom is 0.327 e. The van der Waals surface area contributed by atoms with E-state index in [1.165, 1.54) is 11.8 Å². The zero-order valence-electron chi connectivity index (χ0n) is 7.86. The van der Waals surface area contributed by atoms with Gasteiger partial charge in [0.1, 0.15) is 6.04 Å². The normalized spacial score (nSPS) is 11.3. The summed E-state index contributed by atoms with van der Waals surface area (Å²) in [5.74, 6) is -0.963. The molecule has 0 unspecified atom stereocenters. The molecule has 1 amide bonds. The summed E-state index contributed by atoms with van der Waals surface area (Å²) in [6.07, 6.45) is 1.95. The molecule has 0 rings (SSSR count). The molecule has 0 saturated carbocycles. The third-order valence-corrected chi connectivity index (χ3v) is 2.00. The third kappa shape index (κ3) is 6.99. The van der Waals surface area contributed by atoms with Gasteiger partial charge in [0.2, 0.25) is 5.91 Å². The van der Waals surface area contributed by atoms with Gasteiger partial charge in [0.05, 0.1) is 0 Å². The van der Waals surface area contributed by atoms with Crippen molar-refractivity contribution in [2.24, 2.45) is 5.73 Å². The number of carboxylic acid groups (broad SMARTS) is 1. The minimum Gasteiger partial charge on any atom is -0.480 e. The Labute approximate surface area is 93.2 Å². The molecule has 0 fully saturated rings. The molecular weight excluding hydrogens is 228 g/mol. The quantitative estimate of drug-likeness (QED) is 0.594. The Hall–Kier alpha value is -0.460. The molecule has 84 valence electrons. The highest BCUT2D eigenvalue weighted by atomic mass is 35.5. The predicted octanol–water partition coefficient (Wildman–Crippen LogP) is -0.311. The van der Waals surface area contributed by atoms with Gasteiger partial charge in [-0.15, -0.1) is 12.4 Å². The first-order chi connectivity index (χ1) is 6.11. The zero-order valence-corrected chi connectivity index (χ0v) is 9.49. The van der Waals surface area contributed by atoms with Crippen molar-refractivity contribution < 1.29 is 14.7 Å². The number of nitrogens with one attached hydrogen (secondary N) is 1. The molecule has 0 saturated heterocycles. The second-order valence-electron chi connectivity index (χ2n) is 2.45. The molecule has 1 atom stereocenters. The maximum absolute atomic E-state index is 11.0. The Bertz CT molecular complexity index is 192. The topological polar surface area (TPSA) is 92.4 Å². The number of thioether (sulfide) groups is 1. The Morgan fingerprint density at radius 1 is 1.57 bits per heavy atom. The Kier molecular flexibility index (Phi) is 10.4. The number of halogens is 1. The molecule has 0 aromatic rings. The number of carbonyl (C=O) groups excluding carboxylic acids is 1. The van der Waals surface area contributed by atoms with E-state index in [2.05, 4.69) is 5.32 Å². The van der Waals surface area contributed by atoms with Crippen LogP contribution >= 0.6 is 24.2 Å². The van der Waals surface area contributed by atoms with Gasteiger partial charge in [-0.3, -0.25) is 4.79 Å². The van der Waals surface area contributed by atoms with Gasteiger partial charge in [-0.25, -0.2) is 4.79 Å². The van der Waals surface area contributed by atoms with E-state index in [0.29, 0.717) is 5.75 Å². The average molecular weight is 243 g/mol. The Morgan fingerprint density at radius 3 is 2.50 bits per heavy atom. The van der Waals surface area contributed by atoms with Crippen LogP contribution in [-0.2, 0) is 9.59 Å². The summed E-state index contributed by atoms with van der Waals surface area (Å²) in [4.78, 5) is 21.5. The van der Waals surface area contributed by atoms with Crippen LogP contribution in [-0.4, -0.2) is 41.6 Å². The van der Waals surface area contributed by atoms with Crippen molar-refractivity contribution in [3.8, 4) is 0 Å². The van der Waals surface area contributed by atoms with Crippen LogP contribution in [0.5, 0.6) is 0 Å². The van der Waals surface area contributed by atoms with Gasteiger partial charge >= 0.3 is 5.97 Å². The van der Waals surface area contributed by atoms with E-state index >= 15 is 0 Å². The number of aliphatic carboxylic acids is 1. The van der Waals surface area contributed by atoms with E-state index in [4.69, 9.17) is 10.8 Å². The number of amides is 1. The van der Waals surface area contributed by atoms with Crippen molar-refractivity contribution in [2.75, 3.05) is 18.6 Å². The van der Waals surface area contributed by atoms with Crippen LogP contribution in [0.4, 0.5) is 0 Å². The summed E-state index contributed by atoms with van der Waals surface area (Å²) < 4.78 is 0. The lowest BCUT2D eigenvalue weighted by Crippen LogP contribution is -2.43. The standard InChI is InChI=1S/C7H14N2O3S.ClH/c1-13-4-5(7(11)12)9-6(10)2-3-8;/h5H,2-4,8H2,1H3,(H,9,10)(H,11,12);1H/t5-;/m0./s1. The molecule has 4 N–H and O–H groups in total. The van der Waals surface area contributed by atoms with Crippen LogP contribution in [0.15, 0.2) is 0 Å². The summed E-state index contributed by atoms with van der Waals surface area (Å²) in [5, 5.41) is 11.0. The lowest BCUT2D eigenvalue weighted by atomic mass is 10.3. The summed E-state index contributed by atoms with van der Waals surface area (Å²) in [6, 6.07) is -0.811. The molecule has 0 radical (unpaired) electrons. The summed E-state index contributed by atoms with van der Waals surface area (Å²) in [6.45, 7) is 0.234. The monoisotopic (exact) mass is 242 g/mol. The Balaban J connectivity index is 0. The van der Waals surface area contributed by atoms with Gasteiger partial charge in [-0.1, -0.05) is 0 Å². The highest BCUT2D eigenvalue weighted by Crippen LogP contribution is 1.97. The molecule has 0 aliphatic carbocycles. The molecule has 0 aliphatic rings. The van der Waals surface area contributed by atoms with Crippen LogP contribution in [0.2, 0.25) is 0 Å². The molecule has 0 bridgehead atoms. The van der Waals surface area contributed by atoms with Gasteiger partial charge < -0.3 is 16.2 Å². The van der Waals surface area contributed by atoms with Gasteiger partial charge in [-0.05, 0) is 6.26 Å². The molecule has 7 heteroatoms. The minimum absolute atomic E-state index is 0. The van der Waals surface area contributed by atoms with E-state index in [-0.39, 0.29) is 31.3 Å². The van der Waals surface area contributed by atoms with Crippen molar-refractivity contribution in [1.82, 2.24) is 5.32 Å². The smallest absolute Gasteiger partial charge is 0.327 e. The lowest BCUT2D eigenvalue weighted by molar-refractivity contribution is -0.141. The summed E-state index contributed by atoms with van der Waals surface area (Å²) >= 11 is 1.37. The van der Waals surface area contributed by atoms with Crippen molar-refractivity contribution in [1.29, 1.82) is 0 Å². The van der Waals surface area contributed by atoms with E-state index in [0.717, 1.165) is 0 Å². The van der Waals surface area contributed by atoms with E-state index in [1.54, 1.807) is 6.26 Å². The van der Waals surface area contributed by atoms with Gasteiger partial charge in [0, 0.05) is 18.7 Å². The number of hydrogen-bond donors (Lipinski definition) is 3. The van der Waals surface area contributed by atoms with Crippen LogP contribution in [0.3, 0.4) is 0 Å². The first-order valence-electron chi connectivity index (χ1n) is 3.83. The SMILES string of the molecule is CSC[C@H](NC(=O)CCN)C(=O)O.Cl. The largest absolute Gasteiger partial charge is 0.480 e. The lowest BCUT2D eigenvalue weighted by Gasteiger charge is -2.12. The van der Waals surface area contributed by atoms with Crippen LogP contribution in [0, 0.1) is 0 Å². The second kappa shape index (κ2) is 9.11. The number of rotatable bonds is 6. The first kappa shape index (κ1) is 16.0. The molecule has 0 heterocycles. The number of nitrogens with two attached hydrogens (primary N) is 1. The van der Waals surface area contributed by atoms with Crippen LogP contribution < -0.4 is 11.1 Å². The van der Waals surface area contributed by atoms with Crippen molar-refractivity contribution in [2.45, 2.75) is 12.5 Å². The molecule has 0 aromatic carbocycles. The molecule has 5 nitrogen and oxygen atoms in total. The van der Waals surface area contributed by atoms with Gasteiger partial charge in [0.25, 0.3) is 0 Å². The maximum atomic E-state index is 11.0. The number of hydrogen-bond acceptors (Lipinski definition) is 4. The molecule has 0 spiro atoms. The number of carboxylic acids is 1. The summed E-state index contributed by atoms with van der Waals surface area (Å²) in [5.41, 5.74) is 5.14. The predicted molar refractivity (Wildman–Crippen MR) is 58.9 cm³/mol. The fourth-order valence-corrected chi connectivity index (χ4v) is 1.30. The highest BCUT2D eigenvalue weighted by Gasteiger charge is 2.18. The molecular formula is C7H15ClN2O3S. The van der Waals surface area contributed by atoms with Crippen molar-refractivity contribution >= 4 is 36.0 Å². The van der Waals surface area contributed by atoms with E-state index in [9.17, 15) is 9.59 Å².